The Kier molecular flexibility index (Phi) is 4.83. The summed E-state index contributed by atoms with van der Waals surface area (Å²) in [5.74, 6) is -1.20. The number of nitro benzene ring substituents is 1. The molecule has 132 valence electrons. The number of carbonyl (C=O) groups excluding carboxylic acids is 2. The molecule has 1 heterocycles. The van der Waals surface area contributed by atoms with Crippen LogP contribution in [-0.2, 0) is 20.9 Å². The van der Waals surface area contributed by atoms with Crippen LogP contribution in [0.15, 0.2) is 48.5 Å². The Morgan fingerprint density at radius 1 is 1.15 bits per heavy atom. The highest BCUT2D eigenvalue weighted by atomic mass is 16.6. The predicted molar refractivity (Wildman–Crippen MR) is 90.2 cm³/mol. The number of hydrogen-bond acceptors (Lipinski definition) is 7. The van der Waals surface area contributed by atoms with Crippen molar-refractivity contribution in [2.24, 2.45) is 0 Å². The van der Waals surface area contributed by atoms with Gasteiger partial charge in [-0.2, -0.15) is 0 Å². The lowest BCUT2D eigenvalue weighted by Gasteiger charge is -2.07. The molecule has 0 aliphatic rings. The molecule has 0 saturated carbocycles. The lowest BCUT2D eigenvalue weighted by molar-refractivity contribution is -0.384. The number of esters is 1. The first-order chi connectivity index (χ1) is 12.5. The molecule has 0 radical (unpaired) electrons. The minimum absolute atomic E-state index is 0.0884. The van der Waals surface area contributed by atoms with Crippen LogP contribution in [-0.4, -0.2) is 38.4 Å². The molecule has 26 heavy (non-hydrogen) atoms. The molecule has 3 rings (SSSR count). The first-order valence-electron chi connectivity index (χ1n) is 7.51. The molecule has 0 unspecified atom stereocenters. The summed E-state index contributed by atoms with van der Waals surface area (Å²) in [6, 6.07) is 12.4. The van der Waals surface area contributed by atoms with Gasteiger partial charge in [0, 0.05) is 17.8 Å². The maximum atomic E-state index is 11.9. The minimum Gasteiger partial charge on any atom is -0.454 e. The second kappa shape index (κ2) is 7.38. The minimum atomic E-state index is -0.639. The number of para-hydroxylation sites is 1. The molecule has 3 aromatic rings. The summed E-state index contributed by atoms with van der Waals surface area (Å²) < 4.78 is 6.29. The third-order valence-electron chi connectivity index (χ3n) is 3.43. The fourth-order valence-corrected chi connectivity index (χ4v) is 2.21. The normalized spacial score (nSPS) is 10.5. The van der Waals surface area contributed by atoms with E-state index in [4.69, 9.17) is 4.74 Å². The summed E-state index contributed by atoms with van der Waals surface area (Å²) in [5, 5.41) is 20.8. The van der Waals surface area contributed by atoms with E-state index in [0.29, 0.717) is 16.7 Å². The maximum Gasteiger partial charge on any atom is 0.328 e. The van der Waals surface area contributed by atoms with Crippen LogP contribution in [0, 0.1) is 10.1 Å². The summed E-state index contributed by atoms with van der Waals surface area (Å²) in [6.45, 7) is -0.659. The van der Waals surface area contributed by atoms with Gasteiger partial charge in [-0.25, -0.2) is 4.68 Å². The van der Waals surface area contributed by atoms with Gasteiger partial charge in [0.15, 0.2) is 6.61 Å². The number of benzene rings is 2. The Hall–Kier alpha value is -3.82. The number of carbonyl (C=O) groups is 2. The quantitative estimate of drug-likeness (QED) is 0.403. The van der Waals surface area contributed by atoms with Crippen LogP contribution in [0.3, 0.4) is 0 Å². The van der Waals surface area contributed by atoms with Gasteiger partial charge in [-0.3, -0.25) is 19.7 Å². The average molecular weight is 355 g/mol. The lowest BCUT2D eigenvalue weighted by Crippen LogP contribution is -2.23. The fraction of sp³-hybridized carbons (Fsp3) is 0.125. The number of fused-ring (bicyclic) bond motifs is 1. The summed E-state index contributed by atoms with van der Waals surface area (Å²) >= 11 is 0. The van der Waals surface area contributed by atoms with Gasteiger partial charge in [0.1, 0.15) is 12.1 Å². The molecule has 0 spiro atoms. The van der Waals surface area contributed by atoms with E-state index in [1.165, 1.54) is 28.9 Å². The molecular weight excluding hydrogens is 342 g/mol. The average Bonchev–Trinajstić information content (AvgIpc) is 3.03. The largest absolute Gasteiger partial charge is 0.454 e. The van der Waals surface area contributed by atoms with Crippen LogP contribution in [0.1, 0.15) is 0 Å². The lowest BCUT2D eigenvalue weighted by atomic mass is 10.3. The van der Waals surface area contributed by atoms with Gasteiger partial charge >= 0.3 is 5.97 Å². The zero-order valence-corrected chi connectivity index (χ0v) is 13.4. The standard InChI is InChI=1S/C16H13N5O5/c22-15(17-11-5-7-12(8-6-11)21(24)25)10-26-16(23)9-20-14-4-2-1-3-13(14)18-19-20/h1-8H,9-10H2,(H,17,22). The van der Waals surface area contributed by atoms with Crippen LogP contribution >= 0.6 is 0 Å². The molecular formula is C16H13N5O5. The monoisotopic (exact) mass is 355 g/mol. The van der Waals surface area contributed by atoms with Crippen molar-refractivity contribution in [3.05, 3.63) is 58.6 Å². The van der Waals surface area contributed by atoms with Gasteiger partial charge in [-0.05, 0) is 24.3 Å². The first kappa shape index (κ1) is 17.0. The number of nitrogens with one attached hydrogen (secondary N) is 1. The van der Waals surface area contributed by atoms with E-state index in [1.807, 2.05) is 6.07 Å². The van der Waals surface area contributed by atoms with E-state index < -0.39 is 23.4 Å². The number of rotatable bonds is 6. The van der Waals surface area contributed by atoms with E-state index in [9.17, 15) is 19.7 Å². The summed E-state index contributed by atoms with van der Waals surface area (Å²) in [5.41, 5.74) is 1.60. The van der Waals surface area contributed by atoms with E-state index in [0.717, 1.165) is 0 Å². The molecule has 0 aliphatic heterocycles. The van der Waals surface area contributed by atoms with Crippen molar-refractivity contribution in [1.82, 2.24) is 15.0 Å². The third-order valence-corrected chi connectivity index (χ3v) is 3.43. The summed E-state index contributed by atoms with van der Waals surface area (Å²) in [7, 11) is 0. The van der Waals surface area contributed by atoms with Gasteiger partial charge in [0.05, 0.1) is 10.4 Å². The van der Waals surface area contributed by atoms with Crippen molar-refractivity contribution in [2.45, 2.75) is 6.54 Å². The molecule has 10 heteroatoms. The van der Waals surface area contributed by atoms with Crippen molar-refractivity contribution in [3.8, 4) is 0 Å². The smallest absolute Gasteiger partial charge is 0.328 e. The van der Waals surface area contributed by atoms with Crippen LogP contribution in [0.5, 0.6) is 0 Å². The van der Waals surface area contributed by atoms with E-state index in [1.54, 1.807) is 18.2 Å². The van der Waals surface area contributed by atoms with E-state index >= 15 is 0 Å². The maximum absolute atomic E-state index is 11.9. The number of nitro groups is 1. The molecule has 0 bridgehead atoms. The first-order valence-corrected chi connectivity index (χ1v) is 7.51. The third kappa shape index (κ3) is 3.98. The molecule has 1 aromatic heterocycles. The SMILES string of the molecule is O=C(COC(=O)Cn1nnc2ccccc21)Nc1ccc([N+](=O)[O-])cc1. The number of hydrogen-bond donors (Lipinski definition) is 1. The summed E-state index contributed by atoms with van der Waals surface area (Å²) in [4.78, 5) is 33.7. The second-order valence-corrected chi connectivity index (χ2v) is 5.25. The fourth-order valence-electron chi connectivity index (χ4n) is 2.21. The number of non-ortho nitro benzene ring substituents is 1. The van der Waals surface area contributed by atoms with Crippen molar-refractivity contribution < 1.29 is 19.2 Å². The zero-order valence-electron chi connectivity index (χ0n) is 13.4. The molecule has 2 aromatic carbocycles. The number of anilines is 1. The van der Waals surface area contributed by atoms with Gasteiger partial charge in [0.25, 0.3) is 11.6 Å². The van der Waals surface area contributed by atoms with Crippen LogP contribution in [0.25, 0.3) is 11.0 Å². The molecule has 1 amide bonds. The Balaban J connectivity index is 1.51. The van der Waals surface area contributed by atoms with Crippen molar-refractivity contribution in [1.29, 1.82) is 0 Å². The number of aromatic nitrogens is 3. The zero-order chi connectivity index (χ0) is 18.5. The Bertz CT molecular complexity index is 967. The van der Waals surface area contributed by atoms with Gasteiger partial charge in [0.2, 0.25) is 0 Å². The molecule has 10 nitrogen and oxygen atoms in total. The Labute approximate surface area is 146 Å². The highest BCUT2D eigenvalue weighted by molar-refractivity contribution is 5.92. The van der Waals surface area contributed by atoms with E-state index in [2.05, 4.69) is 15.6 Å². The highest BCUT2D eigenvalue weighted by Crippen LogP contribution is 2.15. The van der Waals surface area contributed by atoms with Crippen LogP contribution < -0.4 is 5.32 Å². The summed E-state index contributed by atoms with van der Waals surface area (Å²) in [6.07, 6.45) is 0. The van der Waals surface area contributed by atoms with Gasteiger partial charge in [-0.15, -0.1) is 5.10 Å². The number of nitrogens with zero attached hydrogens (tertiary/aromatic N) is 4. The number of amides is 1. The molecule has 0 aliphatic carbocycles. The van der Waals surface area contributed by atoms with Crippen molar-refractivity contribution >= 4 is 34.3 Å². The molecule has 0 fully saturated rings. The molecule has 1 N–H and O–H groups in total. The van der Waals surface area contributed by atoms with Crippen molar-refractivity contribution in [3.63, 3.8) is 0 Å². The van der Waals surface area contributed by atoms with Gasteiger partial charge < -0.3 is 10.1 Å². The van der Waals surface area contributed by atoms with Crippen LogP contribution in [0.4, 0.5) is 11.4 Å². The predicted octanol–water partition coefficient (Wildman–Crippen LogP) is 1.52. The van der Waals surface area contributed by atoms with E-state index in [-0.39, 0.29) is 12.2 Å². The van der Waals surface area contributed by atoms with Crippen LogP contribution in [0.2, 0.25) is 0 Å². The Morgan fingerprint density at radius 2 is 1.88 bits per heavy atom. The number of ether oxygens (including phenoxy) is 1. The van der Waals surface area contributed by atoms with Crippen molar-refractivity contribution in [2.75, 3.05) is 11.9 Å². The van der Waals surface area contributed by atoms with Gasteiger partial charge in [-0.1, -0.05) is 17.3 Å². The topological polar surface area (TPSA) is 129 Å². The second-order valence-electron chi connectivity index (χ2n) is 5.25. The molecule has 0 saturated heterocycles. The Morgan fingerprint density at radius 3 is 2.62 bits per heavy atom. The highest BCUT2D eigenvalue weighted by Gasteiger charge is 2.12. The molecule has 0 atom stereocenters.